The van der Waals surface area contributed by atoms with Crippen molar-refractivity contribution in [3.8, 4) is 0 Å². The molecule has 0 saturated heterocycles. The zero-order chi connectivity index (χ0) is 12.0. The molecule has 0 saturated carbocycles. The number of halogens is 2. The van der Waals surface area contributed by atoms with E-state index < -0.39 is 0 Å². The first kappa shape index (κ1) is 13.6. The summed E-state index contributed by atoms with van der Waals surface area (Å²) in [4.78, 5) is 0. The summed E-state index contributed by atoms with van der Waals surface area (Å²) >= 11 is 11.8. The quantitative estimate of drug-likeness (QED) is 0.600. The minimum Gasteiger partial charge on any atom is -0.310 e. The van der Waals surface area contributed by atoms with Crippen LogP contribution in [0, 0.1) is 0 Å². The summed E-state index contributed by atoms with van der Waals surface area (Å²) in [5.74, 6) is 0. The fourth-order valence-corrected chi connectivity index (χ4v) is 1.76. The maximum Gasteiger partial charge on any atom is 0.0595 e. The second-order valence-electron chi connectivity index (χ2n) is 3.71. The molecule has 1 atom stereocenters. The summed E-state index contributed by atoms with van der Waals surface area (Å²) in [7, 11) is 0. The summed E-state index contributed by atoms with van der Waals surface area (Å²) in [5, 5.41) is 4.64. The molecule has 1 aromatic carbocycles. The smallest absolute Gasteiger partial charge is 0.0595 e. The van der Waals surface area contributed by atoms with Crippen molar-refractivity contribution >= 4 is 23.2 Å². The summed E-state index contributed by atoms with van der Waals surface area (Å²) < 4.78 is 0. The van der Waals surface area contributed by atoms with Gasteiger partial charge in [0.1, 0.15) is 0 Å². The van der Waals surface area contributed by atoms with Crippen LogP contribution in [0.2, 0.25) is 10.0 Å². The highest BCUT2D eigenvalue weighted by Crippen LogP contribution is 2.25. The molecule has 1 aromatic rings. The molecule has 0 aliphatic carbocycles. The molecule has 1 nitrogen and oxygen atoms in total. The molecule has 0 aliphatic rings. The lowest BCUT2D eigenvalue weighted by Gasteiger charge is -2.14. The highest BCUT2D eigenvalue weighted by atomic mass is 35.5. The number of hydrogen-bond donors (Lipinski definition) is 1. The van der Waals surface area contributed by atoms with Gasteiger partial charge in [-0.2, -0.15) is 0 Å². The minimum absolute atomic E-state index is 0.292. The van der Waals surface area contributed by atoms with Gasteiger partial charge in [0.2, 0.25) is 0 Å². The van der Waals surface area contributed by atoms with Crippen LogP contribution in [-0.2, 0) is 0 Å². The molecule has 0 spiro atoms. The first-order chi connectivity index (χ1) is 7.65. The zero-order valence-electron chi connectivity index (χ0n) is 9.63. The van der Waals surface area contributed by atoms with Gasteiger partial charge in [0.25, 0.3) is 0 Å². The lowest BCUT2D eigenvalue weighted by Crippen LogP contribution is -2.19. The fraction of sp³-hybridized carbons (Fsp3) is 0.385. The Morgan fingerprint density at radius 1 is 1.31 bits per heavy atom. The Kier molecular flexibility index (Phi) is 5.89. The molecular weight excluding hydrogens is 241 g/mol. The van der Waals surface area contributed by atoms with E-state index in [1.165, 1.54) is 0 Å². The topological polar surface area (TPSA) is 12.0 Å². The number of nitrogens with one attached hydrogen (secondary N) is 1. The zero-order valence-corrected chi connectivity index (χ0v) is 11.1. The average Bonchev–Trinajstić information content (AvgIpc) is 2.28. The van der Waals surface area contributed by atoms with E-state index in [4.69, 9.17) is 23.2 Å². The van der Waals surface area contributed by atoms with Gasteiger partial charge >= 0.3 is 0 Å². The second kappa shape index (κ2) is 6.95. The van der Waals surface area contributed by atoms with E-state index in [-0.39, 0.29) is 0 Å². The van der Waals surface area contributed by atoms with Crippen LogP contribution >= 0.6 is 23.2 Å². The van der Waals surface area contributed by atoms with Crippen molar-refractivity contribution < 1.29 is 0 Å². The van der Waals surface area contributed by atoms with Crippen molar-refractivity contribution in [3.63, 3.8) is 0 Å². The van der Waals surface area contributed by atoms with Crippen LogP contribution < -0.4 is 5.32 Å². The Bertz CT molecular complexity index is 361. The normalized spacial score (nSPS) is 13.2. The van der Waals surface area contributed by atoms with Crippen LogP contribution in [0.15, 0.2) is 30.4 Å². The van der Waals surface area contributed by atoms with Gasteiger partial charge in [0.15, 0.2) is 0 Å². The van der Waals surface area contributed by atoms with E-state index in [1.54, 1.807) is 0 Å². The predicted octanol–water partition coefficient (Wildman–Crippen LogP) is 4.61. The van der Waals surface area contributed by atoms with E-state index in [9.17, 15) is 0 Å². The van der Waals surface area contributed by atoms with Gasteiger partial charge < -0.3 is 5.32 Å². The first-order valence-corrected chi connectivity index (χ1v) is 6.20. The number of rotatable bonds is 5. The third-order valence-corrected chi connectivity index (χ3v) is 3.18. The van der Waals surface area contributed by atoms with E-state index in [0.29, 0.717) is 16.1 Å². The van der Waals surface area contributed by atoms with Gasteiger partial charge in [0.05, 0.1) is 10.0 Å². The Hall–Kier alpha value is -0.500. The molecule has 1 rings (SSSR count). The Morgan fingerprint density at radius 2 is 2.06 bits per heavy atom. The van der Waals surface area contributed by atoms with Crippen molar-refractivity contribution in [2.24, 2.45) is 0 Å². The van der Waals surface area contributed by atoms with Crippen LogP contribution in [0.25, 0.3) is 0 Å². The van der Waals surface area contributed by atoms with Gasteiger partial charge in [0, 0.05) is 6.04 Å². The molecule has 16 heavy (non-hydrogen) atoms. The van der Waals surface area contributed by atoms with Gasteiger partial charge in [-0.3, -0.25) is 0 Å². The monoisotopic (exact) mass is 257 g/mol. The third kappa shape index (κ3) is 4.17. The van der Waals surface area contributed by atoms with Crippen molar-refractivity contribution in [1.82, 2.24) is 5.32 Å². The number of benzene rings is 1. The molecular formula is C13H17Cl2N. The maximum atomic E-state index is 5.97. The molecule has 0 radical (unpaired) electrons. The number of allylic oxidation sites excluding steroid dienone is 1. The summed E-state index contributed by atoms with van der Waals surface area (Å²) in [6.07, 6.45) is 5.25. The van der Waals surface area contributed by atoms with E-state index in [1.807, 2.05) is 25.1 Å². The largest absolute Gasteiger partial charge is 0.310 e. The number of hydrogen-bond acceptors (Lipinski definition) is 1. The van der Waals surface area contributed by atoms with Gasteiger partial charge in [-0.05, 0) is 44.5 Å². The molecule has 3 heteroatoms. The third-order valence-electron chi connectivity index (χ3n) is 2.44. The van der Waals surface area contributed by atoms with E-state index in [0.717, 1.165) is 18.5 Å². The fourth-order valence-electron chi connectivity index (χ4n) is 1.45. The van der Waals surface area contributed by atoms with Crippen molar-refractivity contribution in [1.29, 1.82) is 0 Å². The van der Waals surface area contributed by atoms with Crippen LogP contribution in [0.3, 0.4) is 0 Å². The molecule has 0 bridgehead atoms. The Balaban J connectivity index is 2.52. The minimum atomic E-state index is 0.292. The van der Waals surface area contributed by atoms with Crippen molar-refractivity contribution in [2.75, 3.05) is 6.54 Å². The molecule has 1 N–H and O–H groups in total. The summed E-state index contributed by atoms with van der Waals surface area (Å²) in [6, 6.07) is 6.04. The van der Waals surface area contributed by atoms with Crippen LogP contribution in [0.4, 0.5) is 0 Å². The van der Waals surface area contributed by atoms with Crippen molar-refractivity contribution in [2.45, 2.75) is 26.3 Å². The molecule has 0 aromatic heterocycles. The highest BCUT2D eigenvalue weighted by Gasteiger charge is 2.06. The second-order valence-corrected chi connectivity index (χ2v) is 4.52. The first-order valence-electron chi connectivity index (χ1n) is 5.44. The average molecular weight is 258 g/mol. The summed E-state index contributed by atoms with van der Waals surface area (Å²) in [5.41, 5.74) is 1.16. The van der Waals surface area contributed by atoms with Gasteiger partial charge in [-0.25, -0.2) is 0 Å². The molecule has 0 aliphatic heterocycles. The molecule has 1 unspecified atom stereocenters. The SMILES string of the molecule is C/C=C/CCNC(C)c1ccc(Cl)c(Cl)c1. The summed E-state index contributed by atoms with van der Waals surface area (Å²) in [6.45, 7) is 5.11. The molecule has 0 amide bonds. The Morgan fingerprint density at radius 3 is 2.69 bits per heavy atom. The molecule has 0 heterocycles. The van der Waals surface area contributed by atoms with Crippen LogP contribution in [-0.4, -0.2) is 6.54 Å². The lowest BCUT2D eigenvalue weighted by molar-refractivity contribution is 0.581. The van der Waals surface area contributed by atoms with E-state index in [2.05, 4.69) is 24.4 Å². The van der Waals surface area contributed by atoms with Crippen LogP contribution in [0.5, 0.6) is 0 Å². The maximum absolute atomic E-state index is 5.97. The highest BCUT2D eigenvalue weighted by molar-refractivity contribution is 6.42. The Labute approximate surface area is 107 Å². The predicted molar refractivity (Wildman–Crippen MR) is 72.3 cm³/mol. The van der Waals surface area contributed by atoms with E-state index >= 15 is 0 Å². The standard InChI is InChI=1S/C13H17Cl2N/c1-3-4-5-8-16-10(2)11-6-7-12(14)13(15)9-11/h3-4,6-7,9-10,16H,5,8H2,1-2H3/b4-3+. The van der Waals surface area contributed by atoms with Gasteiger partial charge in [-0.1, -0.05) is 41.4 Å². The van der Waals surface area contributed by atoms with Crippen LogP contribution in [0.1, 0.15) is 31.9 Å². The van der Waals surface area contributed by atoms with Gasteiger partial charge in [-0.15, -0.1) is 0 Å². The molecule has 0 fully saturated rings. The molecule has 88 valence electrons. The van der Waals surface area contributed by atoms with Crippen molar-refractivity contribution in [3.05, 3.63) is 46.0 Å². The lowest BCUT2D eigenvalue weighted by atomic mass is 10.1.